The molecular formula is C17H17N3OS3. The molecular weight excluding hydrogens is 358 g/mol. The third-order valence-electron chi connectivity index (χ3n) is 4.09. The van der Waals surface area contributed by atoms with Crippen LogP contribution in [0.2, 0.25) is 0 Å². The van der Waals surface area contributed by atoms with Gasteiger partial charge in [-0.2, -0.15) is 11.3 Å². The van der Waals surface area contributed by atoms with E-state index in [1.54, 1.807) is 22.7 Å². The van der Waals surface area contributed by atoms with Gasteiger partial charge in [-0.3, -0.25) is 9.79 Å². The Kier molecular flexibility index (Phi) is 4.82. The van der Waals surface area contributed by atoms with E-state index in [1.807, 2.05) is 16.8 Å². The van der Waals surface area contributed by atoms with Gasteiger partial charge in [-0.1, -0.05) is 19.3 Å². The van der Waals surface area contributed by atoms with E-state index in [4.69, 9.17) is 4.99 Å². The highest BCUT2D eigenvalue weighted by molar-refractivity contribution is 8.18. The van der Waals surface area contributed by atoms with Crippen LogP contribution in [0.3, 0.4) is 0 Å². The minimum Gasteiger partial charge on any atom is -0.301 e. The molecule has 7 heteroatoms. The van der Waals surface area contributed by atoms with Gasteiger partial charge in [-0.05, 0) is 42.1 Å². The molecule has 1 saturated carbocycles. The van der Waals surface area contributed by atoms with Crippen LogP contribution >= 0.6 is 34.4 Å². The van der Waals surface area contributed by atoms with E-state index >= 15 is 0 Å². The Hall–Kier alpha value is -1.44. The van der Waals surface area contributed by atoms with Gasteiger partial charge in [0.1, 0.15) is 5.01 Å². The van der Waals surface area contributed by atoms with Crippen LogP contribution in [0.5, 0.6) is 0 Å². The minimum atomic E-state index is -0.0698. The average Bonchev–Trinajstić information content (AvgIpc) is 3.31. The van der Waals surface area contributed by atoms with Crippen molar-refractivity contribution in [3.63, 3.8) is 0 Å². The standard InChI is InChI=1S/C17H17N3OS3/c21-15-14(24-17(20-15)19-12-4-2-1-3-5-12)8-13-10-23-16(18-13)11-6-7-22-9-11/h6-10,12H,1-5H2,(H,19,20,21). The molecule has 1 aliphatic heterocycles. The largest absolute Gasteiger partial charge is 0.301 e. The van der Waals surface area contributed by atoms with Gasteiger partial charge in [0, 0.05) is 16.3 Å². The number of rotatable bonds is 3. The third kappa shape index (κ3) is 3.63. The van der Waals surface area contributed by atoms with Crippen LogP contribution in [0, 0.1) is 0 Å². The van der Waals surface area contributed by atoms with Crippen LogP contribution in [0.25, 0.3) is 16.6 Å². The summed E-state index contributed by atoms with van der Waals surface area (Å²) in [5.74, 6) is -0.0698. The Bertz CT molecular complexity index is 786. The van der Waals surface area contributed by atoms with E-state index in [1.165, 1.54) is 31.0 Å². The van der Waals surface area contributed by atoms with Crippen molar-refractivity contribution >= 4 is 51.6 Å². The number of thiophene rings is 1. The van der Waals surface area contributed by atoms with Crippen molar-refractivity contribution in [3.05, 3.63) is 32.8 Å². The summed E-state index contributed by atoms with van der Waals surface area (Å²) in [5.41, 5.74) is 1.97. The zero-order chi connectivity index (χ0) is 16.4. The molecule has 0 aromatic carbocycles. The number of thiazole rings is 1. The zero-order valence-corrected chi connectivity index (χ0v) is 15.5. The van der Waals surface area contributed by atoms with Gasteiger partial charge in [0.25, 0.3) is 5.91 Å². The molecule has 4 rings (SSSR count). The Morgan fingerprint density at radius 2 is 2.12 bits per heavy atom. The quantitative estimate of drug-likeness (QED) is 0.787. The maximum Gasteiger partial charge on any atom is 0.264 e. The molecule has 1 N–H and O–H groups in total. The minimum absolute atomic E-state index is 0.0698. The number of aliphatic imine (C=N–C) groups is 1. The van der Waals surface area contributed by atoms with Crippen molar-refractivity contribution in [2.75, 3.05) is 0 Å². The summed E-state index contributed by atoms with van der Waals surface area (Å²) < 4.78 is 0. The van der Waals surface area contributed by atoms with Crippen molar-refractivity contribution in [1.29, 1.82) is 0 Å². The second kappa shape index (κ2) is 7.21. The number of carbonyl (C=O) groups excluding carboxylic acids is 1. The fraction of sp³-hybridized carbons (Fsp3) is 0.353. The van der Waals surface area contributed by atoms with Crippen LogP contribution in [-0.4, -0.2) is 22.1 Å². The third-order valence-corrected chi connectivity index (χ3v) is 6.61. The average molecular weight is 376 g/mol. The lowest BCUT2D eigenvalue weighted by Crippen LogP contribution is -2.22. The molecule has 2 fully saturated rings. The molecule has 2 aromatic rings. The number of hydrogen-bond acceptors (Lipinski definition) is 6. The second-order valence-electron chi connectivity index (χ2n) is 5.88. The SMILES string of the molecule is O=C1NC(=NC2CCCCC2)SC1=Cc1csc(-c2ccsc2)n1. The lowest BCUT2D eigenvalue weighted by atomic mass is 9.96. The topological polar surface area (TPSA) is 54.4 Å². The Labute approximate surface area is 153 Å². The van der Waals surface area contributed by atoms with E-state index in [0.29, 0.717) is 10.9 Å². The van der Waals surface area contributed by atoms with Crippen molar-refractivity contribution in [2.45, 2.75) is 38.1 Å². The number of nitrogens with one attached hydrogen (secondary N) is 1. The molecule has 0 radical (unpaired) electrons. The first kappa shape index (κ1) is 16.1. The predicted molar refractivity (Wildman–Crippen MR) is 103 cm³/mol. The van der Waals surface area contributed by atoms with Gasteiger partial charge in [-0.15, -0.1) is 11.3 Å². The summed E-state index contributed by atoms with van der Waals surface area (Å²) in [6.45, 7) is 0. The number of amides is 1. The first-order valence-corrected chi connectivity index (χ1v) is 10.7. The molecule has 0 bridgehead atoms. The summed E-state index contributed by atoms with van der Waals surface area (Å²) in [6.07, 6.45) is 7.92. The maximum atomic E-state index is 12.2. The van der Waals surface area contributed by atoms with Gasteiger partial charge in [0.2, 0.25) is 0 Å². The van der Waals surface area contributed by atoms with E-state index in [0.717, 1.165) is 34.3 Å². The summed E-state index contributed by atoms with van der Waals surface area (Å²) >= 11 is 4.69. The zero-order valence-electron chi connectivity index (χ0n) is 13.0. The monoisotopic (exact) mass is 375 g/mol. The molecule has 0 atom stereocenters. The molecule has 3 heterocycles. The van der Waals surface area contributed by atoms with Gasteiger partial charge in [-0.25, -0.2) is 4.98 Å². The van der Waals surface area contributed by atoms with Crippen LogP contribution in [0.4, 0.5) is 0 Å². The number of thioether (sulfide) groups is 1. The van der Waals surface area contributed by atoms with Gasteiger partial charge in [0.05, 0.1) is 16.6 Å². The van der Waals surface area contributed by atoms with Gasteiger partial charge >= 0.3 is 0 Å². The van der Waals surface area contributed by atoms with Gasteiger partial charge < -0.3 is 5.32 Å². The highest BCUT2D eigenvalue weighted by Gasteiger charge is 2.25. The Morgan fingerprint density at radius 3 is 2.92 bits per heavy atom. The normalized spacial score (nSPS) is 22.4. The number of carbonyl (C=O) groups is 1. The summed E-state index contributed by atoms with van der Waals surface area (Å²) in [5, 5.41) is 10.7. The first-order chi connectivity index (χ1) is 11.8. The number of nitrogens with zero attached hydrogens (tertiary/aromatic N) is 2. The lowest BCUT2D eigenvalue weighted by molar-refractivity contribution is -0.115. The Morgan fingerprint density at radius 1 is 1.25 bits per heavy atom. The summed E-state index contributed by atoms with van der Waals surface area (Å²) in [7, 11) is 0. The van der Waals surface area contributed by atoms with E-state index in [9.17, 15) is 4.79 Å². The van der Waals surface area contributed by atoms with Gasteiger partial charge in [0.15, 0.2) is 5.17 Å². The van der Waals surface area contributed by atoms with Crippen molar-refractivity contribution < 1.29 is 4.79 Å². The van der Waals surface area contributed by atoms with E-state index in [2.05, 4.69) is 21.7 Å². The number of aromatic nitrogens is 1. The molecule has 1 aliphatic carbocycles. The molecule has 1 amide bonds. The number of hydrogen-bond donors (Lipinski definition) is 1. The maximum absolute atomic E-state index is 12.2. The smallest absolute Gasteiger partial charge is 0.264 e. The molecule has 0 spiro atoms. The highest BCUT2D eigenvalue weighted by Crippen LogP contribution is 2.31. The molecule has 4 nitrogen and oxygen atoms in total. The predicted octanol–water partition coefficient (Wildman–Crippen LogP) is 4.76. The number of amidine groups is 1. The van der Waals surface area contributed by atoms with Crippen molar-refractivity contribution in [3.8, 4) is 10.6 Å². The molecule has 0 unspecified atom stereocenters. The molecule has 124 valence electrons. The van der Waals surface area contributed by atoms with Crippen LogP contribution in [-0.2, 0) is 4.79 Å². The molecule has 2 aromatic heterocycles. The van der Waals surface area contributed by atoms with Crippen LogP contribution in [0.15, 0.2) is 32.1 Å². The fourth-order valence-corrected chi connectivity index (χ4v) is 5.24. The van der Waals surface area contributed by atoms with Crippen molar-refractivity contribution in [1.82, 2.24) is 10.3 Å². The highest BCUT2D eigenvalue weighted by atomic mass is 32.2. The molecule has 24 heavy (non-hydrogen) atoms. The van der Waals surface area contributed by atoms with E-state index in [-0.39, 0.29) is 5.91 Å². The van der Waals surface area contributed by atoms with E-state index < -0.39 is 0 Å². The molecule has 1 saturated heterocycles. The molecule has 2 aliphatic rings. The first-order valence-electron chi connectivity index (χ1n) is 8.05. The Balaban J connectivity index is 1.49. The van der Waals surface area contributed by atoms with Crippen molar-refractivity contribution in [2.24, 2.45) is 4.99 Å². The van der Waals surface area contributed by atoms with Crippen LogP contribution < -0.4 is 5.32 Å². The van der Waals surface area contributed by atoms with Crippen LogP contribution in [0.1, 0.15) is 37.8 Å². The summed E-state index contributed by atoms with van der Waals surface area (Å²) in [6, 6.07) is 2.43. The summed E-state index contributed by atoms with van der Waals surface area (Å²) in [4.78, 5) is 22.2. The fourth-order valence-electron chi connectivity index (χ4n) is 2.87. The lowest BCUT2D eigenvalue weighted by Gasteiger charge is -2.17. The second-order valence-corrected chi connectivity index (χ2v) is 8.55.